The van der Waals surface area contributed by atoms with Gasteiger partial charge in [0.25, 0.3) is 6.43 Å². The minimum atomic E-state index is -4.45. The second-order valence-corrected chi connectivity index (χ2v) is 4.84. The van der Waals surface area contributed by atoms with Crippen molar-refractivity contribution in [2.75, 3.05) is 0 Å². The van der Waals surface area contributed by atoms with E-state index >= 15 is 0 Å². The third kappa shape index (κ3) is 8.46. The van der Waals surface area contributed by atoms with Gasteiger partial charge in [0.05, 0.1) is 0 Å². The summed E-state index contributed by atoms with van der Waals surface area (Å²) in [5, 5.41) is 0. The molecule has 0 amide bonds. The van der Waals surface area contributed by atoms with Crippen LogP contribution >= 0.6 is 0 Å². The quantitative estimate of drug-likeness (QED) is 0.673. The fraction of sp³-hybridized carbons (Fsp3) is 0.500. The van der Waals surface area contributed by atoms with Gasteiger partial charge in [-0.25, -0.2) is 28.7 Å². The van der Waals surface area contributed by atoms with Crippen LogP contribution in [0.2, 0.25) is 0 Å². The molecule has 0 aliphatic carbocycles. The molecule has 2 heterocycles. The molecule has 25 heavy (non-hydrogen) atoms. The van der Waals surface area contributed by atoms with Gasteiger partial charge >= 0.3 is 6.18 Å². The molecule has 0 fully saturated rings. The first kappa shape index (κ1) is 22.8. The first-order chi connectivity index (χ1) is 11.6. The Labute approximate surface area is 143 Å². The largest absolute Gasteiger partial charge is 0.451 e. The molecule has 0 spiro atoms. The monoisotopic (exact) mass is 364 g/mol. The first-order valence-corrected chi connectivity index (χ1v) is 7.58. The van der Waals surface area contributed by atoms with Gasteiger partial charge in [-0.3, -0.25) is 0 Å². The molecule has 0 bridgehead atoms. The van der Waals surface area contributed by atoms with Crippen molar-refractivity contribution in [1.29, 1.82) is 0 Å². The zero-order valence-corrected chi connectivity index (χ0v) is 14.6. The van der Waals surface area contributed by atoms with Crippen LogP contribution in [0.3, 0.4) is 0 Å². The minimum absolute atomic E-state index is 0.0240. The number of halogens is 5. The smallest absolute Gasteiger partial charge is 0.242 e. The highest BCUT2D eigenvalue weighted by atomic mass is 19.4. The highest BCUT2D eigenvalue weighted by molar-refractivity contribution is 5.08. The van der Waals surface area contributed by atoms with Crippen molar-refractivity contribution >= 4 is 0 Å². The molecule has 0 aliphatic heterocycles. The Hall–Kier alpha value is -2.19. The Morgan fingerprint density at radius 3 is 1.96 bits per heavy atom. The van der Waals surface area contributed by atoms with Crippen molar-refractivity contribution in [2.45, 2.75) is 53.1 Å². The average Bonchev–Trinajstić information content (AvgIpc) is 2.56. The summed E-state index contributed by atoms with van der Waals surface area (Å²) in [4.78, 5) is 13.6. The molecule has 4 nitrogen and oxygen atoms in total. The Morgan fingerprint density at radius 2 is 1.56 bits per heavy atom. The number of nitrogens with zero attached hydrogens (tertiary/aromatic N) is 4. The maximum Gasteiger partial charge on any atom is 0.451 e. The van der Waals surface area contributed by atoms with Crippen molar-refractivity contribution < 1.29 is 22.0 Å². The molecule has 140 valence electrons. The van der Waals surface area contributed by atoms with Crippen molar-refractivity contribution in [3.8, 4) is 0 Å². The van der Waals surface area contributed by atoms with Gasteiger partial charge in [-0.2, -0.15) is 13.2 Å². The molecule has 2 aromatic rings. The molecule has 2 aromatic heterocycles. The van der Waals surface area contributed by atoms with E-state index in [9.17, 15) is 22.0 Å². The molecule has 0 radical (unpaired) electrons. The van der Waals surface area contributed by atoms with E-state index in [4.69, 9.17) is 0 Å². The summed E-state index contributed by atoms with van der Waals surface area (Å²) < 4.78 is 60.0. The van der Waals surface area contributed by atoms with Crippen molar-refractivity contribution in [3.63, 3.8) is 0 Å². The number of aromatic nitrogens is 4. The number of rotatable bonds is 2. The van der Waals surface area contributed by atoms with Gasteiger partial charge in [-0.05, 0) is 25.0 Å². The zero-order valence-electron chi connectivity index (χ0n) is 14.6. The van der Waals surface area contributed by atoms with E-state index in [-0.39, 0.29) is 11.6 Å². The molecule has 0 atom stereocenters. The number of hydrogen-bond acceptors (Lipinski definition) is 4. The molecule has 0 aliphatic rings. The standard InChI is InChI=1S/C8H9F3N2.C6H6F2N2.C2H6/c1-5(2)6-3-4-12-7(13-6)8(9,10)11;1-4-2-5(6(7)8)10-3-9-4;1-2/h3-5H,1-2H3;2-3,6H,1H3;1-2H3. The average molecular weight is 364 g/mol. The predicted octanol–water partition coefficient (Wildman–Crippen LogP) is 5.37. The lowest BCUT2D eigenvalue weighted by atomic mass is 10.1. The van der Waals surface area contributed by atoms with Gasteiger partial charge in [0.15, 0.2) is 0 Å². The first-order valence-electron chi connectivity index (χ1n) is 7.58. The van der Waals surface area contributed by atoms with Gasteiger partial charge in [-0.15, -0.1) is 0 Å². The summed E-state index contributed by atoms with van der Waals surface area (Å²) in [5.74, 6) is -1.09. The molecule has 0 saturated heterocycles. The van der Waals surface area contributed by atoms with Gasteiger partial charge in [0, 0.05) is 17.6 Å². The predicted molar refractivity (Wildman–Crippen MR) is 84.2 cm³/mol. The molecule has 0 unspecified atom stereocenters. The van der Waals surface area contributed by atoms with Crippen LogP contribution in [0.15, 0.2) is 24.7 Å². The van der Waals surface area contributed by atoms with Crippen LogP contribution in [0, 0.1) is 6.92 Å². The second kappa shape index (κ2) is 10.6. The van der Waals surface area contributed by atoms with Crippen LogP contribution in [-0.4, -0.2) is 19.9 Å². The van der Waals surface area contributed by atoms with E-state index < -0.39 is 18.4 Å². The summed E-state index contributed by atoms with van der Waals surface area (Å²) in [6.07, 6.45) is -4.69. The Balaban J connectivity index is 0.000000430. The van der Waals surface area contributed by atoms with Crippen molar-refractivity contribution in [2.24, 2.45) is 0 Å². The van der Waals surface area contributed by atoms with Gasteiger partial charge in [0.1, 0.15) is 12.0 Å². The van der Waals surface area contributed by atoms with Crippen LogP contribution in [0.1, 0.15) is 62.9 Å². The highest BCUT2D eigenvalue weighted by Gasteiger charge is 2.34. The fourth-order valence-electron chi connectivity index (χ4n) is 1.43. The lowest BCUT2D eigenvalue weighted by Gasteiger charge is -2.07. The highest BCUT2D eigenvalue weighted by Crippen LogP contribution is 2.26. The van der Waals surface area contributed by atoms with Gasteiger partial charge in [-0.1, -0.05) is 27.7 Å². The molecule has 2 rings (SSSR count). The maximum atomic E-state index is 12.1. The third-order valence-corrected chi connectivity index (χ3v) is 2.57. The summed E-state index contributed by atoms with van der Waals surface area (Å²) >= 11 is 0. The lowest BCUT2D eigenvalue weighted by molar-refractivity contribution is -0.145. The molecular formula is C16H21F5N4. The van der Waals surface area contributed by atoms with Crippen LogP contribution in [-0.2, 0) is 6.18 Å². The summed E-state index contributed by atoms with van der Waals surface area (Å²) in [7, 11) is 0. The van der Waals surface area contributed by atoms with E-state index in [2.05, 4.69) is 19.9 Å². The van der Waals surface area contributed by atoms with Crippen LogP contribution < -0.4 is 0 Å². The fourth-order valence-corrected chi connectivity index (χ4v) is 1.43. The zero-order chi connectivity index (χ0) is 19.6. The van der Waals surface area contributed by atoms with Crippen LogP contribution in [0.5, 0.6) is 0 Å². The molecule has 0 N–H and O–H groups in total. The number of aryl methyl sites for hydroxylation is 1. The maximum absolute atomic E-state index is 12.1. The molecular weight excluding hydrogens is 343 g/mol. The lowest BCUT2D eigenvalue weighted by Crippen LogP contribution is -2.12. The van der Waals surface area contributed by atoms with Gasteiger partial charge < -0.3 is 0 Å². The molecule has 9 heteroatoms. The van der Waals surface area contributed by atoms with Crippen molar-refractivity contribution in [3.05, 3.63) is 47.6 Å². The Bertz CT molecular complexity index is 630. The Morgan fingerprint density at radius 1 is 0.960 bits per heavy atom. The van der Waals surface area contributed by atoms with Gasteiger partial charge in [0.2, 0.25) is 5.82 Å². The third-order valence-electron chi connectivity index (χ3n) is 2.57. The van der Waals surface area contributed by atoms with Crippen LogP contribution in [0.25, 0.3) is 0 Å². The minimum Gasteiger partial charge on any atom is -0.242 e. The van der Waals surface area contributed by atoms with Crippen molar-refractivity contribution in [1.82, 2.24) is 19.9 Å². The Kier molecular flexibility index (Phi) is 9.70. The van der Waals surface area contributed by atoms with E-state index in [1.54, 1.807) is 20.8 Å². The van der Waals surface area contributed by atoms with E-state index in [0.717, 1.165) is 12.5 Å². The number of hydrogen-bond donors (Lipinski definition) is 0. The molecule has 0 saturated carbocycles. The molecule has 0 aromatic carbocycles. The van der Waals surface area contributed by atoms with E-state index in [1.165, 1.54) is 12.1 Å². The number of alkyl halides is 5. The SMILES string of the molecule is CC.CC(C)c1ccnc(C(F)(F)F)n1.Cc1cc(C(F)F)ncn1. The normalized spacial score (nSPS) is 10.7. The van der Waals surface area contributed by atoms with E-state index in [0.29, 0.717) is 11.4 Å². The summed E-state index contributed by atoms with van der Waals surface area (Å²) in [6, 6.07) is 2.75. The van der Waals surface area contributed by atoms with Crippen LogP contribution in [0.4, 0.5) is 22.0 Å². The summed E-state index contributed by atoms with van der Waals surface area (Å²) in [5.41, 5.74) is 0.750. The second-order valence-electron chi connectivity index (χ2n) is 4.84. The topological polar surface area (TPSA) is 51.6 Å². The summed E-state index contributed by atoms with van der Waals surface area (Å²) in [6.45, 7) is 9.21. The van der Waals surface area contributed by atoms with E-state index in [1.807, 2.05) is 13.8 Å².